The molecule has 1 atom stereocenters. The van der Waals surface area contributed by atoms with Gasteiger partial charge in [-0.25, -0.2) is 0 Å². The summed E-state index contributed by atoms with van der Waals surface area (Å²) in [5.74, 6) is -0.158. The van der Waals surface area contributed by atoms with Crippen molar-refractivity contribution in [2.45, 2.75) is 32.0 Å². The van der Waals surface area contributed by atoms with Crippen LogP contribution in [0, 0.1) is 10.1 Å². The first-order chi connectivity index (χ1) is 11.0. The van der Waals surface area contributed by atoms with Gasteiger partial charge in [-0.3, -0.25) is 9.47 Å². The zero-order valence-corrected chi connectivity index (χ0v) is 12.9. The van der Waals surface area contributed by atoms with Gasteiger partial charge in [0.1, 0.15) is 11.8 Å². The average Bonchev–Trinajstić information content (AvgIpc) is 3.02. The molecule has 1 unspecified atom stereocenters. The summed E-state index contributed by atoms with van der Waals surface area (Å²) < 4.78 is 7.65. The highest BCUT2D eigenvalue weighted by atomic mass is 16.6. The largest absolute Gasteiger partial charge is 0.436 e. The van der Waals surface area contributed by atoms with E-state index in [1.165, 1.54) is 17.3 Å². The smallest absolute Gasteiger partial charge is 0.415 e. The second kappa shape index (κ2) is 5.06. The number of imidazole rings is 1. The molecule has 0 bridgehead atoms. The first-order valence-electron chi connectivity index (χ1n) is 7.72. The molecule has 2 aromatic rings. The van der Waals surface area contributed by atoms with E-state index in [9.17, 15) is 10.1 Å². The van der Waals surface area contributed by atoms with Gasteiger partial charge in [-0.2, -0.15) is 0 Å². The highest BCUT2D eigenvalue weighted by molar-refractivity contribution is 5.29. The summed E-state index contributed by atoms with van der Waals surface area (Å²) in [6, 6.07) is 8.87. The second-order valence-corrected chi connectivity index (χ2v) is 6.55. The second-order valence-electron chi connectivity index (χ2n) is 6.55. The Hall–Kier alpha value is -2.41. The van der Waals surface area contributed by atoms with Gasteiger partial charge in [-0.05, 0) is 29.4 Å². The number of rotatable bonds is 3. The topological polar surface area (TPSA) is 73.4 Å². The van der Waals surface area contributed by atoms with Gasteiger partial charge in [0.15, 0.2) is 0 Å². The standard InChI is InChI=1S/C16H18N4O3/c1-16(11-19-9-14(20(21)22)17-15(19)23-16)10-18-7-6-12-4-2-3-5-13(12)8-18/h2-5,9H,6-8,10-11H2,1H3. The van der Waals surface area contributed by atoms with Gasteiger partial charge in [0, 0.05) is 24.6 Å². The fourth-order valence-corrected chi connectivity index (χ4v) is 3.53. The number of benzene rings is 1. The molecule has 7 nitrogen and oxygen atoms in total. The van der Waals surface area contributed by atoms with E-state index in [1.807, 2.05) is 6.92 Å². The van der Waals surface area contributed by atoms with Crippen LogP contribution in [0.5, 0.6) is 6.01 Å². The quantitative estimate of drug-likeness (QED) is 0.640. The van der Waals surface area contributed by atoms with Crippen LogP contribution in [-0.2, 0) is 19.5 Å². The van der Waals surface area contributed by atoms with Gasteiger partial charge in [-0.15, -0.1) is 0 Å². The Kier molecular flexibility index (Phi) is 3.12. The van der Waals surface area contributed by atoms with Crippen molar-refractivity contribution in [1.82, 2.24) is 14.5 Å². The van der Waals surface area contributed by atoms with Crippen LogP contribution in [0.3, 0.4) is 0 Å². The number of nitro groups is 1. The van der Waals surface area contributed by atoms with E-state index in [2.05, 4.69) is 34.1 Å². The lowest BCUT2D eigenvalue weighted by molar-refractivity contribution is -0.389. The zero-order valence-electron chi connectivity index (χ0n) is 12.9. The minimum absolute atomic E-state index is 0.158. The Morgan fingerprint density at radius 3 is 2.91 bits per heavy atom. The van der Waals surface area contributed by atoms with Crippen molar-refractivity contribution in [1.29, 1.82) is 0 Å². The summed E-state index contributed by atoms with van der Waals surface area (Å²) in [4.78, 5) is 16.6. The van der Waals surface area contributed by atoms with E-state index in [0.29, 0.717) is 12.6 Å². The molecule has 4 rings (SSSR count). The van der Waals surface area contributed by atoms with Crippen molar-refractivity contribution in [3.05, 3.63) is 51.7 Å². The number of hydrogen-bond acceptors (Lipinski definition) is 5. The highest BCUT2D eigenvalue weighted by Crippen LogP contribution is 2.32. The van der Waals surface area contributed by atoms with Gasteiger partial charge in [-0.1, -0.05) is 24.3 Å². The minimum Gasteiger partial charge on any atom is -0.436 e. The maximum Gasteiger partial charge on any atom is 0.415 e. The normalized spacial score (nSPS) is 23.2. The summed E-state index contributed by atoms with van der Waals surface area (Å²) in [6.07, 6.45) is 2.49. The number of fused-ring (bicyclic) bond motifs is 2. The predicted molar refractivity (Wildman–Crippen MR) is 83.3 cm³/mol. The van der Waals surface area contributed by atoms with E-state index in [-0.39, 0.29) is 5.82 Å². The third-order valence-electron chi connectivity index (χ3n) is 4.52. The fourth-order valence-electron chi connectivity index (χ4n) is 3.53. The first kappa shape index (κ1) is 14.2. The zero-order chi connectivity index (χ0) is 16.0. The van der Waals surface area contributed by atoms with Crippen molar-refractivity contribution in [2.75, 3.05) is 13.1 Å². The van der Waals surface area contributed by atoms with Gasteiger partial charge in [0.05, 0.1) is 6.54 Å². The molecule has 2 aliphatic heterocycles. The lowest BCUT2D eigenvalue weighted by atomic mass is 9.98. The number of hydrogen-bond donors (Lipinski definition) is 0. The van der Waals surface area contributed by atoms with Crippen LogP contribution in [0.15, 0.2) is 30.5 Å². The Balaban J connectivity index is 1.46. The molecule has 0 N–H and O–H groups in total. The lowest BCUT2D eigenvalue weighted by Crippen LogP contribution is -2.46. The molecule has 2 aliphatic rings. The number of ether oxygens (including phenoxy) is 1. The molecular formula is C16H18N4O3. The van der Waals surface area contributed by atoms with Crippen molar-refractivity contribution in [2.24, 2.45) is 0 Å². The molecule has 1 aromatic heterocycles. The average molecular weight is 314 g/mol. The molecule has 0 amide bonds. The van der Waals surface area contributed by atoms with Crippen molar-refractivity contribution in [3.8, 4) is 6.01 Å². The van der Waals surface area contributed by atoms with Gasteiger partial charge >= 0.3 is 11.8 Å². The van der Waals surface area contributed by atoms with E-state index >= 15 is 0 Å². The summed E-state index contributed by atoms with van der Waals surface area (Å²) in [6.45, 7) is 5.31. The Labute approximate surface area is 133 Å². The van der Waals surface area contributed by atoms with Gasteiger partial charge in [0.2, 0.25) is 0 Å². The molecule has 0 radical (unpaired) electrons. The molecule has 0 fully saturated rings. The molecule has 3 heterocycles. The molecule has 0 spiro atoms. The summed E-state index contributed by atoms with van der Waals surface area (Å²) in [5.41, 5.74) is 2.39. The van der Waals surface area contributed by atoms with Crippen LogP contribution >= 0.6 is 0 Å². The van der Waals surface area contributed by atoms with Gasteiger partial charge < -0.3 is 14.9 Å². The summed E-state index contributed by atoms with van der Waals surface area (Å²) in [7, 11) is 0. The predicted octanol–water partition coefficient (Wildman–Crippen LogP) is 2.00. The van der Waals surface area contributed by atoms with Crippen molar-refractivity contribution in [3.63, 3.8) is 0 Å². The van der Waals surface area contributed by atoms with E-state index in [4.69, 9.17) is 4.74 Å². The van der Waals surface area contributed by atoms with Crippen LogP contribution in [-0.4, -0.2) is 38.1 Å². The first-order valence-corrected chi connectivity index (χ1v) is 7.72. The Bertz CT molecular complexity index is 747. The van der Waals surface area contributed by atoms with Crippen LogP contribution < -0.4 is 4.74 Å². The van der Waals surface area contributed by atoms with Crippen LogP contribution in [0.2, 0.25) is 0 Å². The van der Waals surface area contributed by atoms with Crippen molar-refractivity contribution >= 4 is 5.82 Å². The Morgan fingerprint density at radius 1 is 1.39 bits per heavy atom. The SMILES string of the molecule is CC1(CN2CCc3ccccc3C2)Cn2cc([N+](=O)[O-])nc2O1. The molecule has 120 valence electrons. The highest BCUT2D eigenvalue weighted by Gasteiger charge is 2.41. The van der Waals surface area contributed by atoms with Crippen LogP contribution in [0.25, 0.3) is 0 Å². The van der Waals surface area contributed by atoms with Gasteiger partial charge in [0.25, 0.3) is 0 Å². The van der Waals surface area contributed by atoms with E-state index in [1.54, 1.807) is 4.57 Å². The number of aromatic nitrogens is 2. The molecule has 0 aliphatic carbocycles. The van der Waals surface area contributed by atoms with Crippen LogP contribution in [0.4, 0.5) is 5.82 Å². The molecular weight excluding hydrogens is 296 g/mol. The van der Waals surface area contributed by atoms with E-state index in [0.717, 1.165) is 26.1 Å². The third kappa shape index (κ3) is 2.57. The lowest BCUT2D eigenvalue weighted by Gasteiger charge is -2.34. The number of nitrogens with zero attached hydrogens (tertiary/aromatic N) is 4. The summed E-state index contributed by atoms with van der Waals surface area (Å²) >= 11 is 0. The fraction of sp³-hybridized carbons (Fsp3) is 0.438. The summed E-state index contributed by atoms with van der Waals surface area (Å²) in [5, 5.41) is 10.8. The molecule has 0 saturated heterocycles. The monoisotopic (exact) mass is 314 g/mol. The molecule has 1 aromatic carbocycles. The minimum atomic E-state index is -0.492. The molecule has 7 heteroatoms. The maximum absolute atomic E-state index is 10.8. The molecule has 23 heavy (non-hydrogen) atoms. The van der Waals surface area contributed by atoms with Crippen LogP contribution in [0.1, 0.15) is 18.1 Å². The van der Waals surface area contributed by atoms with Crippen molar-refractivity contribution < 1.29 is 9.66 Å². The van der Waals surface area contributed by atoms with E-state index < -0.39 is 10.5 Å². The maximum atomic E-state index is 10.8. The molecule has 0 saturated carbocycles. The Morgan fingerprint density at radius 2 is 2.17 bits per heavy atom. The third-order valence-corrected chi connectivity index (χ3v) is 4.52.